The Morgan fingerprint density at radius 1 is 0.800 bits per heavy atom. The summed E-state index contributed by atoms with van der Waals surface area (Å²) >= 11 is 3.13. The van der Waals surface area contributed by atoms with Crippen LogP contribution in [0.4, 0.5) is 11.4 Å². The van der Waals surface area contributed by atoms with Gasteiger partial charge in [0.1, 0.15) is 16.0 Å². The molecule has 45 heavy (non-hydrogen) atoms. The first-order valence-corrected chi connectivity index (χ1v) is 19.0. The van der Waals surface area contributed by atoms with Crippen LogP contribution in [0.25, 0.3) is 20.9 Å². The SMILES string of the molecule is CC1(C)C(=CC=CC2=[N+](CS(=O)(=O)[O-])c3cc(-c4cccs4)ccc3C2(C)C)N(CS(=O)(=O)[O-])c2cc(-c3cccs3)ccc21. The van der Waals surface area contributed by atoms with E-state index >= 15 is 0 Å². The number of benzene rings is 2. The Morgan fingerprint density at radius 2 is 1.40 bits per heavy atom. The summed E-state index contributed by atoms with van der Waals surface area (Å²) in [6.07, 6.45) is 5.27. The third kappa shape index (κ3) is 5.98. The van der Waals surface area contributed by atoms with E-state index < -0.39 is 42.8 Å². The lowest BCUT2D eigenvalue weighted by atomic mass is 9.81. The van der Waals surface area contributed by atoms with Crippen molar-refractivity contribution in [3.05, 3.63) is 106 Å². The van der Waals surface area contributed by atoms with Crippen molar-refractivity contribution >= 4 is 60.0 Å². The second-order valence-electron chi connectivity index (χ2n) is 12.2. The minimum Gasteiger partial charge on any atom is -0.747 e. The molecule has 234 valence electrons. The van der Waals surface area contributed by atoms with Gasteiger partial charge in [0.15, 0.2) is 15.8 Å². The number of anilines is 1. The largest absolute Gasteiger partial charge is 0.747 e. The Balaban J connectivity index is 1.46. The van der Waals surface area contributed by atoms with Crippen LogP contribution in [0.15, 0.2) is 95.3 Å². The van der Waals surface area contributed by atoms with Gasteiger partial charge in [0.25, 0.3) is 0 Å². The van der Waals surface area contributed by atoms with Crippen LogP contribution in [-0.2, 0) is 31.1 Å². The fourth-order valence-corrected chi connectivity index (χ4v) is 9.03. The Bertz CT molecular complexity index is 2110. The fourth-order valence-electron chi connectivity index (χ4n) is 6.39. The van der Waals surface area contributed by atoms with E-state index in [-0.39, 0.29) is 0 Å². The van der Waals surface area contributed by atoms with Crippen molar-refractivity contribution in [3.8, 4) is 20.9 Å². The summed E-state index contributed by atoms with van der Waals surface area (Å²) in [5.74, 6) is -1.48. The van der Waals surface area contributed by atoms with Crippen molar-refractivity contribution in [2.45, 2.75) is 38.5 Å². The second kappa shape index (κ2) is 11.1. The molecule has 0 saturated carbocycles. The normalized spacial score (nSPS) is 18.3. The summed E-state index contributed by atoms with van der Waals surface area (Å²) in [6.45, 7) is 7.88. The molecular weight excluding hydrogens is 649 g/mol. The molecule has 0 saturated heterocycles. The standard InChI is InChI=1S/C33H32N2O6S4/c1-32(2)24-14-12-22(28-8-6-16-42-28)18-26(24)34(20-44(36,37)38)30(32)10-5-11-31-33(3,4)25-15-13-23(29-9-7-17-43-29)19-27(25)35(31)21-45(39,40)41/h5-19H,20-21H2,1-4H3,(H-,36,37,38,39,40,41)/p-1. The minimum absolute atomic E-state index is 0.605. The highest BCUT2D eigenvalue weighted by molar-refractivity contribution is 7.85. The molecule has 0 atom stereocenters. The zero-order valence-electron chi connectivity index (χ0n) is 25.1. The zero-order chi connectivity index (χ0) is 32.4. The molecule has 0 aliphatic carbocycles. The molecule has 2 aromatic carbocycles. The highest BCUT2D eigenvalue weighted by Crippen LogP contribution is 2.49. The Labute approximate surface area is 271 Å². The molecule has 6 rings (SSSR count). The number of thiophene rings is 2. The van der Waals surface area contributed by atoms with Crippen molar-refractivity contribution in [3.63, 3.8) is 0 Å². The smallest absolute Gasteiger partial charge is 0.237 e. The van der Waals surface area contributed by atoms with Gasteiger partial charge >= 0.3 is 0 Å². The predicted molar refractivity (Wildman–Crippen MR) is 179 cm³/mol. The van der Waals surface area contributed by atoms with Gasteiger partial charge in [0.2, 0.25) is 11.6 Å². The first-order valence-electron chi connectivity index (χ1n) is 14.1. The minimum atomic E-state index is -4.65. The number of allylic oxidation sites excluding steroid dienone is 4. The average Bonchev–Trinajstić information content (AvgIpc) is 3.73. The maximum Gasteiger partial charge on any atom is 0.237 e. The summed E-state index contributed by atoms with van der Waals surface area (Å²) in [5.41, 5.74) is 4.80. The van der Waals surface area contributed by atoms with Crippen LogP contribution in [0.2, 0.25) is 0 Å². The summed E-state index contributed by atoms with van der Waals surface area (Å²) in [4.78, 5) is 3.59. The van der Waals surface area contributed by atoms with Gasteiger partial charge in [-0.2, -0.15) is 4.58 Å². The third-order valence-electron chi connectivity index (χ3n) is 8.48. The molecule has 0 bridgehead atoms. The Kier molecular flexibility index (Phi) is 7.82. The lowest BCUT2D eigenvalue weighted by Crippen LogP contribution is -2.31. The monoisotopic (exact) mass is 679 g/mol. The maximum atomic E-state index is 12.1. The molecule has 0 radical (unpaired) electrons. The Hall–Kier alpha value is -3.39. The van der Waals surface area contributed by atoms with E-state index in [1.165, 1.54) is 0 Å². The van der Waals surface area contributed by atoms with Crippen molar-refractivity contribution in [1.82, 2.24) is 0 Å². The quantitative estimate of drug-likeness (QED) is 0.149. The van der Waals surface area contributed by atoms with Gasteiger partial charge in [-0.15, -0.1) is 22.7 Å². The highest BCUT2D eigenvalue weighted by Gasteiger charge is 2.45. The molecule has 4 heterocycles. The molecule has 0 N–H and O–H groups in total. The van der Waals surface area contributed by atoms with Gasteiger partial charge in [-0.1, -0.05) is 56.3 Å². The number of rotatable bonds is 8. The lowest BCUT2D eigenvalue weighted by molar-refractivity contribution is -0.416. The molecule has 0 fully saturated rings. The second-order valence-corrected chi connectivity index (χ2v) is 16.8. The van der Waals surface area contributed by atoms with Gasteiger partial charge in [-0.05, 0) is 65.6 Å². The van der Waals surface area contributed by atoms with Crippen molar-refractivity contribution in [2.75, 3.05) is 16.7 Å². The van der Waals surface area contributed by atoms with E-state index in [0.717, 1.165) is 32.0 Å². The van der Waals surface area contributed by atoms with E-state index in [1.54, 1.807) is 50.4 Å². The lowest BCUT2D eigenvalue weighted by Gasteiger charge is -2.27. The van der Waals surface area contributed by atoms with Crippen LogP contribution in [0.1, 0.15) is 38.8 Å². The van der Waals surface area contributed by atoms with Crippen LogP contribution < -0.4 is 4.90 Å². The number of hydrogen-bond acceptors (Lipinski definition) is 9. The number of fused-ring (bicyclic) bond motifs is 2. The fraction of sp³-hybridized carbons (Fsp3) is 0.242. The highest BCUT2D eigenvalue weighted by atomic mass is 32.2. The molecule has 2 aliphatic heterocycles. The van der Waals surface area contributed by atoms with Crippen molar-refractivity contribution in [1.29, 1.82) is 0 Å². The Morgan fingerprint density at radius 3 is 1.96 bits per heavy atom. The maximum absolute atomic E-state index is 12.1. The molecule has 0 spiro atoms. The van der Waals surface area contributed by atoms with Crippen LogP contribution in [-0.4, -0.2) is 48.0 Å². The average molecular weight is 680 g/mol. The van der Waals surface area contributed by atoms with E-state index in [0.29, 0.717) is 22.8 Å². The van der Waals surface area contributed by atoms with Crippen LogP contribution >= 0.6 is 22.7 Å². The van der Waals surface area contributed by atoms with Crippen molar-refractivity contribution < 1.29 is 30.5 Å². The molecule has 0 unspecified atom stereocenters. The molecular formula is C33H31N2O6S4-. The molecule has 4 aromatic rings. The zero-order valence-corrected chi connectivity index (χ0v) is 28.3. The molecule has 2 aliphatic rings. The summed E-state index contributed by atoms with van der Waals surface area (Å²) in [5, 5.41) is 3.93. The van der Waals surface area contributed by atoms with Crippen LogP contribution in [0, 0.1) is 0 Å². The van der Waals surface area contributed by atoms with E-state index in [4.69, 9.17) is 0 Å². The number of hydrogen-bond donors (Lipinski definition) is 0. The van der Waals surface area contributed by atoms with E-state index in [2.05, 4.69) is 0 Å². The van der Waals surface area contributed by atoms with Gasteiger partial charge in [0.05, 0.1) is 5.41 Å². The molecule has 0 amide bonds. The number of nitrogens with zero attached hydrogens (tertiary/aromatic N) is 2. The third-order valence-corrected chi connectivity index (χ3v) is 11.5. The summed E-state index contributed by atoms with van der Waals surface area (Å²) < 4.78 is 74.2. The van der Waals surface area contributed by atoms with Crippen molar-refractivity contribution in [2.24, 2.45) is 0 Å². The van der Waals surface area contributed by atoms with Gasteiger partial charge in [0, 0.05) is 44.3 Å². The first kappa shape index (κ1) is 31.6. The van der Waals surface area contributed by atoms with E-state index in [9.17, 15) is 25.9 Å². The predicted octanol–water partition coefficient (Wildman–Crippen LogP) is 6.76. The molecule has 8 nitrogen and oxygen atoms in total. The van der Waals surface area contributed by atoms with Gasteiger partial charge in [-0.25, -0.2) is 16.8 Å². The molecule has 2 aromatic heterocycles. The topological polar surface area (TPSA) is 121 Å². The van der Waals surface area contributed by atoms with Crippen LogP contribution in [0.5, 0.6) is 0 Å². The van der Waals surface area contributed by atoms with E-state index in [1.807, 2.05) is 99.1 Å². The summed E-state index contributed by atoms with van der Waals surface area (Å²) in [7, 11) is -9.30. The molecule has 12 heteroatoms. The van der Waals surface area contributed by atoms with Gasteiger partial charge < -0.3 is 14.0 Å². The van der Waals surface area contributed by atoms with Crippen LogP contribution in [0.3, 0.4) is 0 Å². The summed E-state index contributed by atoms with van der Waals surface area (Å²) in [6, 6.07) is 19.6. The van der Waals surface area contributed by atoms with Gasteiger partial charge in [-0.3, -0.25) is 0 Å². The first-order chi connectivity index (χ1) is 21.1.